The molecule has 0 radical (unpaired) electrons. The molecule has 0 spiro atoms. The van der Waals surface area contributed by atoms with Crippen LogP contribution in [0.4, 0.5) is 5.69 Å². The van der Waals surface area contributed by atoms with E-state index < -0.39 is 5.97 Å². The van der Waals surface area contributed by atoms with Gasteiger partial charge in [0.1, 0.15) is 5.52 Å². The monoisotopic (exact) mass is 593 g/mol. The topological polar surface area (TPSA) is 99.5 Å². The molecule has 1 aliphatic rings. The molecule has 0 bridgehead atoms. The normalized spacial score (nSPS) is 13.5. The van der Waals surface area contributed by atoms with Crippen LogP contribution in [0.15, 0.2) is 94.8 Å². The SMILES string of the molecule is Brc1c(NC2=NCCN2)ccc2nccnc12.CCCCCCCCC/C=C/C=C/C=C/C=C/C=C/C(=O)O. The van der Waals surface area contributed by atoms with Gasteiger partial charge in [-0.1, -0.05) is 100 Å². The van der Waals surface area contributed by atoms with E-state index in [1.165, 1.54) is 51.0 Å². The number of nitrogens with one attached hydrogen (secondary N) is 2. The Morgan fingerprint density at radius 1 is 0.949 bits per heavy atom. The number of carboxylic acids is 1. The van der Waals surface area contributed by atoms with E-state index in [1.54, 1.807) is 24.5 Å². The highest BCUT2D eigenvalue weighted by Crippen LogP contribution is 2.28. The molecule has 7 nitrogen and oxygen atoms in total. The number of halogens is 1. The number of carbonyl (C=O) groups is 1. The van der Waals surface area contributed by atoms with Crippen LogP contribution in [0, 0.1) is 0 Å². The van der Waals surface area contributed by atoms with Gasteiger partial charge < -0.3 is 15.7 Å². The molecule has 2 aromatic rings. The summed E-state index contributed by atoms with van der Waals surface area (Å²) in [5.74, 6) is -0.131. The van der Waals surface area contributed by atoms with Crippen LogP contribution in [-0.2, 0) is 4.79 Å². The Morgan fingerprint density at radius 3 is 2.31 bits per heavy atom. The summed E-state index contributed by atoms with van der Waals surface area (Å²) < 4.78 is 0.902. The third-order valence-electron chi connectivity index (χ3n) is 5.63. The van der Waals surface area contributed by atoms with Crippen molar-refractivity contribution in [3.8, 4) is 0 Å². The van der Waals surface area contributed by atoms with Crippen molar-refractivity contribution >= 4 is 44.6 Å². The number of unbranched alkanes of at least 4 members (excludes halogenated alkanes) is 7. The Bertz CT molecular complexity index is 1180. The lowest BCUT2D eigenvalue weighted by Gasteiger charge is -2.09. The predicted molar refractivity (Wildman–Crippen MR) is 167 cm³/mol. The summed E-state index contributed by atoms with van der Waals surface area (Å²) in [6.07, 6.45) is 32.1. The third kappa shape index (κ3) is 14.3. The summed E-state index contributed by atoms with van der Waals surface area (Å²) >= 11 is 3.54. The van der Waals surface area contributed by atoms with Crippen LogP contribution in [0.25, 0.3) is 11.0 Å². The Kier molecular flexibility index (Phi) is 16.6. The molecule has 0 saturated carbocycles. The van der Waals surface area contributed by atoms with Crippen molar-refractivity contribution in [2.75, 3.05) is 18.4 Å². The molecule has 3 rings (SSSR count). The lowest BCUT2D eigenvalue weighted by atomic mass is 10.1. The van der Waals surface area contributed by atoms with Gasteiger partial charge >= 0.3 is 5.97 Å². The molecular weight excluding hydrogens is 554 g/mol. The van der Waals surface area contributed by atoms with E-state index in [0.717, 1.165) is 52.7 Å². The van der Waals surface area contributed by atoms with E-state index in [0.29, 0.717) is 0 Å². The molecule has 0 saturated heterocycles. The van der Waals surface area contributed by atoms with Gasteiger partial charge in [-0.2, -0.15) is 0 Å². The first-order valence-electron chi connectivity index (χ1n) is 13.6. The molecule has 0 aliphatic carbocycles. The number of carboxylic acid groups (broad SMARTS) is 1. The molecule has 1 aromatic heterocycles. The second-order valence-corrected chi connectivity index (χ2v) is 9.62. The van der Waals surface area contributed by atoms with Crippen molar-refractivity contribution in [2.24, 2.45) is 4.99 Å². The first kappa shape index (κ1) is 31.7. The fraction of sp³-hybridized carbons (Fsp3) is 0.355. The van der Waals surface area contributed by atoms with Gasteiger partial charge in [-0.05, 0) is 40.9 Å². The molecule has 8 heteroatoms. The van der Waals surface area contributed by atoms with Crippen molar-refractivity contribution in [1.82, 2.24) is 15.3 Å². The first-order chi connectivity index (χ1) is 19.1. The second-order valence-electron chi connectivity index (χ2n) is 8.82. The number of nitrogens with zero attached hydrogens (tertiary/aromatic N) is 3. The molecule has 1 aromatic carbocycles. The number of anilines is 1. The van der Waals surface area contributed by atoms with E-state index in [-0.39, 0.29) is 0 Å². The molecule has 208 valence electrons. The largest absolute Gasteiger partial charge is 0.478 e. The summed E-state index contributed by atoms with van der Waals surface area (Å²) in [6, 6.07) is 3.90. The van der Waals surface area contributed by atoms with Crippen molar-refractivity contribution in [3.63, 3.8) is 0 Å². The van der Waals surface area contributed by atoms with Gasteiger partial charge in [0, 0.05) is 25.0 Å². The zero-order valence-electron chi connectivity index (χ0n) is 22.7. The van der Waals surface area contributed by atoms with Crippen molar-refractivity contribution in [2.45, 2.75) is 58.3 Å². The summed E-state index contributed by atoms with van der Waals surface area (Å²) in [6.45, 7) is 3.95. The number of guanidine groups is 1. The highest BCUT2D eigenvalue weighted by Gasteiger charge is 2.10. The number of aromatic nitrogens is 2. The van der Waals surface area contributed by atoms with Crippen LogP contribution in [-0.4, -0.2) is 40.1 Å². The van der Waals surface area contributed by atoms with Crippen LogP contribution >= 0.6 is 15.9 Å². The number of rotatable bonds is 14. The zero-order valence-corrected chi connectivity index (χ0v) is 24.3. The Morgan fingerprint density at radius 2 is 1.62 bits per heavy atom. The fourth-order valence-corrected chi connectivity index (χ4v) is 4.16. The van der Waals surface area contributed by atoms with Crippen molar-refractivity contribution in [3.05, 3.63) is 89.8 Å². The highest BCUT2D eigenvalue weighted by molar-refractivity contribution is 9.10. The smallest absolute Gasteiger partial charge is 0.328 e. The second kappa shape index (κ2) is 20.4. The number of hydrogen-bond acceptors (Lipinski definition) is 6. The zero-order chi connectivity index (χ0) is 28.0. The van der Waals surface area contributed by atoms with Gasteiger partial charge in [-0.15, -0.1) is 0 Å². The Labute approximate surface area is 240 Å². The molecule has 0 fully saturated rings. The molecule has 1 aliphatic heterocycles. The minimum absolute atomic E-state index is 0.800. The quantitative estimate of drug-likeness (QED) is 0.118. The lowest BCUT2D eigenvalue weighted by Crippen LogP contribution is -2.26. The van der Waals surface area contributed by atoms with Gasteiger partial charge in [0.2, 0.25) is 0 Å². The van der Waals surface area contributed by atoms with E-state index in [1.807, 2.05) is 36.4 Å². The number of fused-ring (bicyclic) bond motifs is 1. The van der Waals surface area contributed by atoms with Gasteiger partial charge in [0.05, 0.1) is 22.2 Å². The summed E-state index contributed by atoms with van der Waals surface area (Å²) in [5.41, 5.74) is 2.65. The van der Waals surface area contributed by atoms with Crippen molar-refractivity contribution < 1.29 is 9.90 Å². The molecular formula is C31H40BrN5O2. The maximum atomic E-state index is 10.2. The maximum absolute atomic E-state index is 10.2. The highest BCUT2D eigenvalue weighted by atomic mass is 79.9. The average molecular weight is 595 g/mol. The molecule has 2 heterocycles. The number of hydrogen-bond donors (Lipinski definition) is 3. The number of allylic oxidation sites excluding steroid dienone is 9. The molecule has 0 amide bonds. The van der Waals surface area contributed by atoms with Crippen LogP contribution in [0.5, 0.6) is 0 Å². The van der Waals surface area contributed by atoms with Gasteiger partial charge in [-0.25, -0.2) is 4.79 Å². The van der Waals surface area contributed by atoms with Gasteiger partial charge in [0.25, 0.3) is 0 Å². The van der Waals surface area contributed by atoms with Crippen LogP contribution < -0.4 is 10.6 Å². The van der Waals surface area contributed by atoms with Crippen LogP contribution in [0.1, 0.15) is 58.3 Å². The predicted octanol–water partition coefficient (Wildman–Crippen LogP) is 7.76. The minimum Gasteiger partial charge on any atom is -0.478 e. The third-order valence-corrected chi connectivity index (χ3v) is 6.44. The molecule has 39 heavy (non-hydrogen) atoms. The fourth-order valence-electron chi connectivity index (χ4n) is 3.63. The van der Waals surface area contributed by atoms with E-state index in [4.69, 9.17) is 5.11 Å². The Balaban J connectivity index is 0.000000280. The summed E-state index contributed by atoms with van der Waals surface area (Å²) in [5, 5.41) is 14.8. The minimum atomic E-state index is -0.931. The summed E-state index contributed by atoms with van der Waals surface area (Å²) in [7, 11) is 0. The Hall–Kier alpha value is -3.52. The van der Waals surface area contributed by atoms with E-state index in [9.17, 15) is 4.79 Å². The first-order valence-corrected chi connectivity index (χ1v) is 14.4. The average Bonchev–Trinajstić information content (AvgIpc) is 3.46. The molecule has 0 atom stereocenters. The number of aliphatic imine (C=N–C) groups is 1. The van der Waals surface area contributed by atoms with E-state index in [2.05, 4.69) is 60.6 Å². The van der Waals surface area contributed by atoms with Crippen molar-refractivity contribution in [1.29, 1.82) is 0 Å². The standard InChI is InChI=1S/C20H30O2.C11H10BrN5/c1-2-3-4-5-6-7-8-9-10-11-12-13-14-15-16-17-18-19-20(21)22;12-9-7(17-11-15-5-6-16-11)1-2-8-10(9)14-4-3-13-8/h10-19H,2-9H2,1H3,(H,21,22);1-4H,5-6H2,(H2,15,16,17)/b11-10+,13-12+,15-14+,17-16+,19-18+;. The van der Waals surface area contributed by atoms with Gasteiger partial charge in [-0.3, -0.25) is 15.0 Å². The van der Waals surface area contributed by atoms with Crippen LogP contribution in [0.2, 0.25) is 0 Å². The number of benzene rings is 1. The van der Waals surface area contributed by atoms with Gasteiger partial charge in [0.15, 0.2) is 5.96 Å². The van der Waals surface area contributed by atoms with E-state index >= 15 is 0 Å². The number of aliphatic carboxylic acids is 1. The summed E-state index contributed by atoms with van der Waals surface area (Å²) in [4.78, 5) is 23.0. The van der Waals surface area contributed by atoms with Crippen LogP contribution in [0.3, 0.4) is 0 Å². The molecule has 0 unspecified atom stereocenters. The lowest BCUT2D eigenvalue weighted by molar-refractivity contribution is -0.131. The molecule has 3 N–H and O–H groups in total. The maximum Gasteiger partial charge on any atom is 0.328 e.